The van der Waals surface area contributed by atoms with Gasteiger partial charge in [-0.05, 0) is 25.0 Å². The lowest BCUT2D eigenvalue weighted by molar-refractivity contribution is -0.137. The zero-order valence-electron chi connectivity index (χ0n) is 9.52. The van der Waals surface area contributed by atoms with Gasteiger partial charge in [-0.2, -0.15) is 5.26 Å². The summed E-state index contributed by atoms with van der Waals surface area (Å²) in [6.07, 6.45) is 4.28. The van der Waals surface area contributed by atoms with E-state index in [-0.39, 0.29) is 6.42 Å². The van der Waals surface area contributed by atoms with Crippen molar-refractivity contribution in [2.24, 2.45) is 0 Å². The Morgan fingerprint density at radius 1 is 1.47 bits per heavy atom. The van der Waals surface area contributed by atoms with E-state index in [1.165, 1.54) is 0 Å². The second-order valence-electron chi connectivity index (χ2n) is 3.67. The quantitative estimate of drug-likeness (QED) is 0.703. The van der Waals surface area contributed by atoms with E-state index in [2.05, 4.69) is 10.3 Å². The lowest BCUT2D eigenvalue weighted by atomic mass is 10.2. The number of aliphatic carboxylic acids is 1. The van der Waals surface area contributed by atoms with Crippen LogP contribution in [0.15, 0.2) is 18.3 Å². The van der Waals surface area contributed by atoms with Crippen LogP contribution in [0.25, 0.3) is 0 Å². The molecule has 0 radical (unpaired) electrons. The third-order valence-corrected chi connectivity index (χ3v) is 2.26. The minimum absolute atomic E-state index is 0.224. The van der Waals surface area contributed by atoms with Crippen molar-refractivity contribution in [1.29, 1.82) is 5.26 Å². The summed E-state index contributed by atoms with van der Waals surface area (Å²) in [6.45, 7) is 0.738. The van der Waals surface area contributed by atoms with Crippen LogP contribution in [0.5, 0.6) is 0 Å². The second kappa shape index (κ2) is 7.23. The first-order chi connectivity index (χ1) is 8.22. The summed E-state index contributed by atoms with van der Waals surface area (Å²) in [6, 6.07) is 5.39. The molecule has 0 aliphatic carbocycles. The van der Waals surface area contributed by atoms with Gasteiger partial charge in [-0.15, -0.1) is 0 Å². The summed E-state index contributed by atoms with van der Waals surface area (Å²) in [5, 5.41) is 20.2. The molecule has 1 heterocycles. The number of nitrogens with zero attached hydrogens (tertiary/aromatic N) is 2. The van der Waals surface area contributed by atoms with Crippen LogP contribution in [0.3, 0.4) is 0 Å². The molecule has 0 aliphatic heterocycles. The molecule has 5 nitrogen and oxygen atoms in total. The van der Waals surface area contributed by atoms with Crippen LogP contribution in [0.1, 0.15) is 31.2 Å². The number of carboxylic acid groups (broad SMARTS) is 1. The Hall–Kier alpha value is -2.09. The van der Waals surface area contributed by atoms with Gasteiger partial charge in [0.1, 0.15) is 5.82 Å². The van der Waals surface area contributed by atoms with E-state index in [4.69, 9.17) is 10.4 Å². The lowest BCUT2D eigenvalue weighted by Gasteiger charge is -2.04. The number of carboxylic acids is 1. The van der Waals surface area contributed by atoms with E-state index in [9.17, 15) is 4.79 Å². The van der Waals surface area contributed by atoms with Crippen LogP contribution in [0, 0.1) is 11.3 Å². The fourth-order valence-electron chi connectivity index (χ4n) is 1.39. The number of pyridine rings is 1. The Morgan fingerprint density at radius 2 is 2.29 bits per heavy atom. The molecule has 0 aliphatic rings. The molecule has 90 valence electrons. The highest BCUT2D eigenvalue weighted by Gasteiger charge is 1.98. The predicted octanol–water partition coefficient (Wildman–Crippen LogP) is 2.01. The molecule has 0 bridgehead atoms. The van der Waals surface area contributed by atoms with E-state index in [0.29, 0.717) is 17.8 Å². The van der Waals surface area contributed by atoms with Crippen molar-refractivity contribution >= 4 is 11.8 Å². The molecule has 1 rings (SSSR count). The largest absolute Gasteiger partial charge is 0.481 e. The molecule has 17 heavy (non-hydrogen) atoms. The Labute approximate surface area is 100 Å². The zero-order chi connectivity index (χ0) is 12.5. The smallest absolute Gasteiger partial charge is 0.303 e. The third-order valence-electron chi connectivity index (χ3n) is 2.26. The highest BCUT2D eigenvalue weighted by atomic mass is 16.4. The molecule has 0 fully saturated rings. The number of nitriles is 1. The van der Waals surface area contributed by atoms with Crippen LogP contribution < -0.4 is 5.32 Å². The zero-order valence-corrected chi connectivity index (χ0v) is 9.52. The molecule has 2 N–H and O–H groups in total. The highest BCUT2D eigenvalue weighted by Crippen LogP contribution is 2.06. The van der Waals surface area contributed by atoms with Gasteiger partial charge in [-0.25, -0.2) is 4.98 Å². The summed E-state index contributed by atoms with van der Waals surface area (Å²) in [5.41, 5.74) is 0.577. The molecule has 0 amide bonds. The molecule has 0 saturated carbocycles. The van der Waals surface area contributed by atoms with E-state index in [1.807, 2.05) is 6.07 Å². The minimum Gasteiger partial charge on any atom is -0.481 e. The third kappa shape index (κ3) is 5.52. The Kier molecular flexibility index (Phi) is 5.52. The van der Waals surface area contributed by atoms with Crippen molar-refractivity contribution in [2.45, 2.75) is 25.7 Å². The highest BCUT2D eigenvalue weighted by molar-refractivity contribution is 5.66. The normalized spacial score (nSPS) is 9.59. The maximum absolute atomic E-state index is 10.3. The van der Waals surface area contributed by atoms with Crippen molar-refractivity contribution in [1.82, 2.24) is 4.98 Å². The number of carbonyl (C=O) groups is 1. The van der Waals surface area contributed by atoms with Gasteiger partial charge in [0, 0.05) is 19.2 Å². The number of hydrogen-bond acceptors (Lipinski definition) is 4. The molecule has 1 aromatic rings. The Bertz CT molecular complexity index is 412. The van der Waals surface area contributed by atoms with Gasteiger partial charge >= 0.3 is 5.97 Å². The van der Waals surface area contributed by atoms with E-state index >= 15 is 0 Å². The lowest BCUT2D eigenvalue weighted by Crippen LogP contribution is -2.03. The van der Waals surface area contributed by atoms with Gasteiger partial charge in [0.2, 0.25) is 0 Å². The van der Waals surface area contributed by atoms with Crippen LogP contribution in [-0.2, 0) is 4.79 Å². The van der Waals surface area contributed by atoms with Gasteiger partial charge in [-0.3, -0.25) is 4.79 Å². The molecule has 0 spiro atoms. The number of nitrogens with one attached hydrogen (secondary N) is 1. The monoisotopic (exact) mass is 233 g/mol. The molecule has 0 atom stereocenters. The predicted molar refractivity (Wildman–Crippen MR) is 63.5 cm³/mol. The first kappa shape index (κ1) is 13.0. The van der Waals surface area contributed by atoms with Crippen molar-refractivity contribution in [3.63, 3.8) is 0 Å². The molecule has 0 aromatic carbocycles. The number of rotatable bonds is 7. The second-order valence-corrected chi connectivity index (χ2v) is 3.67. The van der Waals surface area contributed by atoms with Crippen LogP contribution >= 0.6 is 0 Å². The molecular formula is C12H15N3O2. The molecule has 0 saturated heterocycles. The van der Waals surface area contributed by atoms with Crippen LogP contribution in [0.4, 0.5) is 5.82 Å². The summed E-state index contributed by atoms with van der Waals surface area (Å²) in [4.78, 5) is 14.3. The van der Waals surface area contributed by atoms with Gasteiger partial charge in [0.25, 0.3) is 0 Å². The average Bonchev–Trinajstić information content (AvgIpc) is 2.33. The van der Waals surface area contributed by atoms with Crippen LogP contribution in [-0.4, -0.2) is 22.6 Å². The summed E-state index contributed by atoms with van der Waals surface area (Å²) in [5.74, 6) is -0.0661. The Balaban J connectivity index is 2.18. The van der Waals surface area contributed by atoms with Crippen molar-refractivity contribution in [3.8, 4) is 6.07 Å². The number of hydrogen-bond donors (Lipinski definition) is 2. The minimum atomic E-state index is -0.749. The van der Waals surface area contributed by atoms with Gasteiger partial charge in [-0.1, -0.05) is 6.42 Å². The van der Waals surface area contributed by atoms with Gasteiger partial charge in [0.05, 0.1) is 11.6 Å². The maximum atomic E-state index is 10.3. The average molecular weight is 233 g/mol. The molecule has 1 aromatic heterocycles. The van der Waals surface area contributed by atoms with Crippen LogP contribution in [0.2, 0.25) is 0 Å². The van der Waals surface area contributed by atoms with E-state index < -0.39 is 5.97 Å². The summed E-state index contributed by atoms with van der Waals surface area (Å²) < 4.78 is 0. The molecular weight excluding hydrogens is 218 g/mol. The number of aromatic nitrogens is 1. The standard InChI is InChI=1S/C12H15N3O2/c13-9-10-5-7-15-11(8-10)14-6-3-1-2-4-12(16)17/h5,7-8H,1-4,6H2,(H,14,15)(H,16,17). The fraction of sp³-hybridized carbons (Fsp3) is 0.417. The topological polar surface area (TPSA) is 86.0 Å². The SMILES string of the molecule is N#Cc1ccnc(NCCCCCC(=O)O)c1. The fourth-order valence-corrected chi connectivity index (χ4v) is 1.39. The van der Waals surface area contributed by atoms with Crippen molar-refractivity contribution < 1.29 is 9.90 Å². The maximum Gasteiger partial charge on any atom is 0.303 e. The van der Waals surface area contributed by atoms with E-state index in [1.54, 1.807) is 18.3 Å². The van der Waals surface area contributed by atoms with Crippen molar-refractivity contribution in [2.75, 3.05) is 11.9 Å². The number of unbranched alkanes of at least 4 members (excludes halogenated alkanes) is 2. The molecule has 0 unspecified atom stereocenters. The van der Waals surface area contributed by atoms with Gasteiger partial charge < -0.3 is 10.4 Å². The summed E-state index contributed by atoms with van der Waals surface area (Å²) >= 11 is 0. The number of anilines is 1. The first-order valence-corrected chi connectivity index (χ1v) is 5.54. The summed E-state index contributed by atoms with van der Waals surface area (Å²) in [7, 11) is 0. The van der Waals surface area contributed by atoms with Gasteiger partial charge in [0.15, 0.2) is 0 Å². The van der Waals surface area contributed by atoms with Crippen molar-refractivity contribution in [3.05, 3.63) is 23.9 Å². The van der Waals surface area contributed by atoms with E-state index in [0.717, 1.165) is 19.4 Å². The first-order valence-electron chi connectivity index (χ1n) is 5.54. The Morgan fingerprint density at radius 3 is 3.00 bits per heavy atom. The molecule has 5 heteroatoms.